The van der Waals surface area contributed by atoms with Gasteiger partial charge < -0.3 is 9.80 Å². The number of amides is 2. The van der Waals surface area contributed by atoms with E-state index in [2.05, 4.69) is 15.9 Å². The Morgan fingerprint density at radius 3 is 2.35 bits per heavy atom. The number of thiophene rings is 1. The molecule has 1 aromatic heterocycles. The molecule has 1 unspecified atom stereocenters. The molecule has 1 atom stereocenters. The minimum Gasteiger partial charge on any atom is -0.337 e. The van der Waals surface area contributed by atoms with Crippen LogP contribution in [0.4, 0.5) is 0 Å². The Labute approximate surface area is 148 Å². The summed E-state index contributed by atoms with van der Waals surface area (Å²) >= 11 is 4.70. The fraction of sp³-hybridized carbons (Fsp3) is 0.294. The summed E-state index contributed by atoms with van der Waals surface area (Å²) in [6.45, 7) is 2.04. The molecule has 23 heavy (non-hydrogen) atoms. The number of likely N-dealkylation sites (N-methyl/N-ethyl adjacent to an activating group) is 2. The summed E-state index contributed by atoms with van der Waals surface area (Å²) in [7, 11) is 3.41. The summed E-state index contributed by atoms with van der Waals surface area (Å²) < 4.78 is 0.899. The lowest BCUT2D eigenvalue weighted by Gasteiger charge is -2.27. The summed E-state index contributed by atoms with van der Waals surface area (Å²) in [5, 5.41) is 0. The first kappa shape index (κ1) is 17.7. The van der Waals surface area contributed by atoms with Crippen LogP contribution in [-0.2, 0) is 4.79 Å². The Hall–Kier alpha value is -1.66. The van der Waals surface area contributed by atoms with Gasteiger partial charge in [0.05, 0.1) is 21.3 Å². The summed E-state index contributed by atoms with van der Waals surface area (Å²) in [5.74, 6) is -0.234. The summed E-state index contributed by atoms with van der Waals surface area (Å²) in [6, 6.07) is 13.4. The maximum atomic E-state index is 12.4. The van der Waals surface area contributed by atoms with Crippen molar-refractivity contribution in [2.24, 2.45) is 0 Å². The predicted molar refractivity (Wildman–Crippen MR) is 96.6 cm³/mol. The number of hydrogen-bond donors (Lipinski definition) is 0. The van der Waals surface area contributed by atoms with Crippen LogP contribution in [0.5, 0.6) is 0 Å². The molecule has 0 fully saturated rings. The van der Waals surface area contributed by atoms with Gasteiger partial charge in [0.15, 0.2) is 0 Å². The topological polar surface area (TPSA) is 40.6 Å². The van der Waals surface area contributed by atoms with Crippen molar-refractivity contribution in [3.8, 4) is 0 Å². The molecule has 122 valence electrons. The van der Waals surface area contributed by atoms with Crippen molar-refractivity contribution in [1.82, 2.24) is 9.80 Å². The third kappa shape index (κ3) is 4.42. The molecule has 1 heterocycles. The second-order valence-electron chi connectivity index (χ2n) is 5.36. The molecule has 0 saturated heterocycles. The van der Waals surface area contributed by atoms with Gasteiger partial charge in [-0.3, -0.25) is 9.59 Å². The Bertz CT molecular complexity index is 687. The van der Waals surface area contributed by atoms with Gasteiger partial charge in [0.1, 0.15) is 0 Å². The predicted octanol–water partition coefficient (Wildman–Crippen LogP) is 3.80. The molecule has 2 rings (SSSR count). The van der Waals surface area contributed by atoms with Crippen molar-refractivity contribution >= 4 is 39.1 Å². The molecule has 0 aliphatic carbocycles. The zero-order valence-electron chi connectivity index (χ0n) is 13.3. The van der Waals surface area contributed by atoms with E-state index in [1.807, 2.05) is 43.3 Å². The lowest BCUT2D eigenvalue weighted by molar-refractivity contribution is -0.132. The number of hydrogen-bond acceptors (Lipinski definition) is 3. The second-order valence-corrected chi connectivity index (χ2v) is 7.82. The molecule has 0 aliphatic rings. The maximum Gasteiger partial charge on any atom is 0.264 e. The summed E-state index contributed by atoms with van der Waals surface area (Å²) in [5.41, 5.74) is 1.07. The van der Waals surface area contributed by atoms with E-state index in [-0.39, 0.29) is 24.4 Å². The van der Waals surface area contributed by atoms with Crippen LogP contribution < -0.4 is 0 Å². The van der Waals surface area contributed by atoms with Crippen molar-refractivity contribution in [2.45, 2.75) is 13.0 Å². The zero-order chi connectivity index (χ0) is 17.0. The quantitative estimate of drug-likeness (QED) is 0.773. The Balaban J connectivity index is 1.99. The highest BCUT2D eigenvalue weighted by atomic mass is 79.9. The van der Waals surface area contributed by atoms with Gasteiger partial charge in [0.25, 0.3) is 5.91 Å². The van der Waals surface area contributed by atoms with Gasteiger partial charge in [-0.15, -0.1) is 11.3 Å². The monoisotopic (exact) mass is 394 g/mol. The van der Waals surface area contributed by atoms with E-state index in [1.165, 1.54) is 16.2 Å². The van der Waals surface area contributed by atoms with Crippen molar-refractivity contribution in [2.75, 3.05) is 20.6 Å². The highest BCUT2D eigenvalue weighted by molar-refractivity contribution is 9.11. The van der Waals surface area contributed by atoms with E-state index in [9.17, 15) is 9.59 Å². The van der Waals surface area contributed by atoms with Crippen molar-refractivity contribution in [1.29, 1.82) is 0 Å². The van der Waals surface area contributed by atoms with Crippen LogP contribution in [0.1, 0.15) is 28.2 Å². The summed E-state index contributed by atoms with van der Waals surface area (Å²) in [6.07, 6.45) is 0. The zero-order valence-corrected chi connectivity index (χ0v) is 15.7. The third-order valence-corrected chi connectivity index (χ3v) is 5.37. The van der Waals surface area contributed by atoms with Gasteiger partial charge >= 0.3 is 0 Å². The molecule has 2 aromatic rings. The molecule has 0 aliphatic heterocycles. The van der Waals surface area contributed by atoms with Gasteiger partial charge in [0.2, 0.25) is 5.91 Å². The lowest BCUT2D eigenvalue weighted by Crippen LogP contribution is -2.40. The van der Waals surface area contributed by atoms with Crippen LogP contribution in [0.2, 0.25) is 0 Å². The molecule has 0 bridgehead atoms. The lowest BCUT2D eigenvalue weighted by atomic mass is 10.1. The van der Waals surface area contributed by atoms with E-state index in [1.54, 1.807) is 25.1 Å². The number of carbonyl (C=O) groups excluding carboxylic acids is 2. The van der Waals surface area contributed by atoms with Crippen molar-refractivity contribution in [3.63, 3.8) is 0 Å². The van der Waals surface area contributed by atoms with Gasteiger partial charge in [-0.25, -0.2) is 0 Å². The molecule has 0 radical (unpaired) electrons. The first-order chi connectivity index (χ1) is 10.9. The number of carbonyl (C=O) groups is 2. The number of benzene rings is 1. The Morgan fingerprint density at radius 2 is 1.78 bits per heavy atom. The molecular weight excluding hydrogens is 376 g/mol. The fourth-order valence-electron chi connectivity index (χ4n) is 2.17. The van der Waals surface area contributed by atoms with E-state index in [0.717, 1.165) is 9.35 Å². The van der Waals surface area contributed by atoms with Gasteiger partial charge in [0, 0.05) is 14.1 Å². The second kappa shape index (κ2) is 7.75. The SMILES string of the molecule is CC(c1ccccc1)N(C)C(=O)CN(C)C(=O)c1ccc(Br)s1. The van der Waals surface area contributed by atoms with Gasteiger partial charge in [-0.2, -0.15) is 0 Å². The first-order valence-corrected chi connectivity index (χ1v) is 8.82. The smallest absolute Gasteiger partial charge is 0.264 e. The number of rotatable bonds is 5. The summed E-state index contributed by atoms with van der Waals surface area (Å²) in [4.78, 5) is 28.5. The highest BCUT2D eigenvalue weighted by Crippen LogP contribution is 2.23. The average Bonchev–Trinajstić information content (AvgIpc) is 2.99. The minimum atomic E-state index is -0.144. The molecule has 4 nitrogen and oxygen atoms in total. The van der Waals surface area contributed by atoms with Crippen LogP contribution >= 0.6 is 27.3 Å². The molecule has 0 saturated carbocycles. The van der Waals surface area contributed by atoms with Crippen LogP contribution in [-0.4, -0.2) is 42.3 Å². The third-order valence-electron chi connectivity index (χ3n) is 3.76. The Morgan fingerprint density at radius 1 is 1.13 bits per heavy atom. The molecule has 0 N–H and O–H groups in total. The van der Waals surface area contributed by atoms with Gasteiger partial charge in [-0.1, -0.05) is 30.3 Å². The number of nitrogens with zero attached hydrogens (tertiary/aromatic N) is 2. The van der Waals surface area contributed by atoms with E-state index >= 15 is 0 Å². The largest absolute Gasteiger partial charge is 0.337 e. The normalized spacial score (nSPS) is 11.8. The molecular formula is C17H19BrN2O2S. The maximum absolute atomic E-state index is 12.4. The van der Waals surface area contributed by atoms with Gasteiger partial charge in [-0.05, 0) is 40.5 Å². The Kier molecular flexibility index (Phi) is 5.96. The van der Waals surface area contributed by atoms with E-state index in [0.29, 0.717) is 4.88 Å². The van der Waals surface area contributed by atoms with Crippen LogP contribution in [0.15, 0.2) is 46.3 Å². The molecule has 6 heteroatoms. The minimum absolute atomic E-state index is 0.0388. The van der Waals surface area contributed by atoms with Crippen molar-refractivity contribution < 1.29 is 9.59 Å². The molecule has 2 amide bonds. The molecule has 1 aromatic carbocycles. The molecule has 0 spiro atoms. The van der Waals surface area contributed by atoms with E-state index in [4.69, 9.17) is 0 Å². The van der Waals surface area contributed by atoms with Crippen LogP contribution in [0, 0.1) is 0 Å². The standard InChI is InChI=1S/C17H19BrN2O2S/c1-12(13-7-5-4-6-8-13)20(3)16(21)11-19(2)17(22)14-9-10-15(18)23-14/h4-10,12H,11H2,1-3H3. The van der Waals surface area contributed by atoms with Crippen LogP contribution in [0.25, 0.3) is 0 Å². The van der Waals surface area contributed by atoms with Crippen molar-refractivity contribution in [3.05, 3.63) is 56.7 Å². The van der Waals surface area contributed by atoms with Crippen LogP contribution in [0.3, 0.4) is 0 Å². The van der Waals surface area contributed by atoms with E-state index < -0.39 is 0 Å². The highest BCUT2D eigenvalue weighted by Gasteiger charge is 2.21. The fourth-order valence-corrected chi connectivity index (χ4v) is 3.56. The number of halogens is 1. The average molecular weight is 395 g/mol. The first-order valence-electron chi connectivity index (χ1n) is 7.21.